The summed E-state index contributed by atoms with van der Waals surface area (Å²) in [4.78, 5) is 10.7. The molecule has 1 rings (SSSR count). The SMILES string of the molecule is O=C(O)C(Cl)=C(Cl)c1c(Cl)c(Cl)c(Cl)c(Cl)c1Cl. The number of carbonyl (C=O) groups is 1. The standard InChI is InChI=1S/C9HCl7O2/c10-2-1(4(12)8(16)9(17)18)3(11)6(14)7(15)5(2)13/h(H,17,18). The van der Waals surface area contributed by atoms with Gasteiger partial charge < -0.3 is 5.11 Å². The molecule has 0 atom stereocenters. The summed E-state index contributed by atoms with van der Waals surface area (Å²) in [7, 11) is 0. The lowest BCUT2D eigenvalue weighted by atomic mass is 10.2. The molecule has 1 aromatic rings. The average molecular weight is 389 g/mol. The first-order valence-corrected chi connectivity index (χ1v) is 6.65. The van der Waals surface area contributed by atoms with Gasteiger partial charge in [0, 0.05) is 5.56 Å². The zero-order valence-electron chi connectivity index (χ0n) is 8.00. The lowest BCUT2D eigenvalue weighted by Crippen LogP contribution is -1.97. The third kappa shape index (κ3) is 2.96. The van der Waals surface area contributed by atoms with Crippen molar-refractivity contribution in [2.24, 2.45) is 0 Å². The van der Waals surface area contributed by atoms with E-state index in [9.17, 15) is 4.79 Å². The second kappa shape index (κ2) is 6.27. The van der Waals surface area contributed by atoms with E-state index >= 15 is 0 Å². The van der Waals surface area contributed by atoms with Crippen LogP contribution in [-0.2, 0) is 4.79 Å². The molecule has 0 bridgehead atoms. The van der Waals surface area contributed by atoms with E-state index in [1.807, 2.05) is 0 Å². The highest BCUT2D eigenvalue weighted by molar-refractivity contribution is 6.63. The highest BCUT2D eigenvalue weighted by atomic mass is 35.5. The number of carboxylic acid groups (broad SMARTS) is 1. The van der Waals surface area contributed by atoms with Crippen LogP contribution >= 0.6 is 81.2 Å². The third-order valence-corrected chi connectivity index (χ3v) is 4.91. The maximum Gasteiger partial charge on any atom is 0.348 e. The lowest BCUT2D eigenvalue weighted by Gasteiger charge is -2.12. The summed E-state index contributed by atoms with van der Waals surface area (Å²) in [5.41, 5.74) is -0.0909. The second-order valence-corrected chi connectivity index (χ2v) is 5.52. The van der Waals surface area contributed by atoms with E-state index in [0.717, 1.165) is 0 Å². The minimum Gasteiger partial charge on any atom is -0.477 e. The third-order valence-electron chi connectivity index (χ3n) is 1.81. The summed E-state index contributed by atoms with van der Waals surface area (Å²) in [6.45, 7) is 0. The van der Waals surface area contributed by atoms with Gasteiger partial charge in [-0.15, -0.1) is 0 Å². The fraction of sp³-hybridized carbons (Fsp3) is 0. The number of hydrogen-bond acceptors (Lipinski definition) is 1. The van der Waals surface area contributed by atoms with E-state index in [-0.39, 0.29) is 35.7 Å². The van der Waals surface area contributed by atoms with Crippen LogP contribution in [0.1, 0.15) is 5.56 Å². The maximum absolute atomic E-state index is 10.7. The number of hydrogen-bond donors (Lipinski definition) is 1. The first-order chi connectivity index (χ1) is 8.20. The van der Waals surface area contributed by atoms with E-state index in [2.05, 4.69) is 0 Å². The highest BCUT2D eigenvalue weighted by Crippen LogP contribution is 2.48. The lowest BCUT2D eigenvalue weighted by molar-refractivity contribution is -0.131. The summed E-state index contributed by atoms with van der Waals surface area (Å²) in [6.07, 6.45) is 0. The van der Waals surface area contributed by atoms with Crippen LogP contribution in [0.2, 0.25) is 25.1 Å². The van der Waals surface area contributed by atoms with Crippen LogP contribution in [0.3, 0.4) is 0 Å². The van der Waals surface area contributed by atoms with Crippen LogP contribution in [-0.4, -0.2) is 11.1 Å². The van der Waals surface area contributed by atoms with Gasteiger partial charge in [-0.05, 0) is 0 Å². The molecule has 0 aromatic heterocycles. The molecular formula is C9HCl7O2. The number of rotatable bonds is 2. The zero-order valence-corrected chi connectivity index (χ0v) is 13.3. The Hall–Kier alpha value is 0.460. The second-order valence-electron chi connectivity index (χ2n) is 2.88. The molecular weight excluding hydrogens is 388 g/mol. The molecule has 0 saturated heterocycles. The predicted octanol–water partition coefficient (Wildman–Crippen LogP) is 6.18. The zero-order chi connectivity index (χ0) is 14.2. The van der Waals surface area contributed by atoms with Crippen molar-refractivity contribution in [3.05, 3.63) is 35.7 Å². The minimum atomic E-state index is -1.45. The maximum atomic E-state index is 10.7. The summed E-state index contributed by atoms with van der Waals surface area (Å²) in [5, 5.41) is 7.13. The van der Waals surface area contributed by atoms with Crippen LogP contribution in [0, 0.1) is 0 Å². The molecule has 0 amide bonds. The van der Waals surface area contributed by atoms with Gasteiger partial charge in [-0.1, -0.05) is 81.2 Å². The van der Waals surface area contributed by atoms with Gasteiger partial charge >= 0.3 is 5.97 Å². The van der Waals surface area contributed by atoms with Gasteiger partial charge in [0.1, 0.15) is 5.03 Å². The van der Waals surface area contributed by atoms with E-state index in [0.29, 0.717) is 0 Å². The highest BCUT2D eigenvalue weighted by Gasteiger charge is 2.24. The summed E-state index contributed by atoms with van der Waals surface area (Å²) >= 11 is 40.5. The Morgan fingerprint density at radius 3 is 1.44 bits per heavy atom. The van der Waals surface area contributed by atoms with Gasteiger partial charge in [-0.2, -0.15) is 0 Å². The molecule has 0 aliphatic heterocycles. The van der Waals surface area contributed by atoms with Crippen molar-refractivity contribution >= 4 is 92.2 Å². The fourth-order valence-electron chi connectivity index (χ4n) is 1.00. The minimum absolute atomic E-state index is 0.0620. The number of halogens is 7. The van der Waals surface area contributed by atoms with Crippen molar-refractivity contribution in [3.63, 3.8) is 0 Å². The summed E-state index contributed by atoms with van der Waals surface area (Å²) in [6, 6.07) is 0. The van der Waals surface area contributed by atoms with Gasteiger partial charge in [0.05, 0.1) is 30.1 Å². The molecule has 1 aromatic carbocycles. The molecule has 18 heavy (non-hydrogen) atoms. The topological polar surface area (TPSA) is 37.3 Å². The number of benzene rings is 1. The molecule has 9 heteroatoms. The first-order valence-electron chi connectivity index (χ1n) is 4.00. The molecule has 0 radical (unpaired) electrons. The predicted molar refractivity (Wildman–Crippen MR) is 77.8 cm³/mol. The van der Waals surface area contributed by atoms with Gasteiger partial charge in [0.2, 0.25) is 0 Å². The molecule has 0 unspecified atom stereocenters. The van der Waals surface area contributed by atoms with Crippen molar-refractivity contribution in [2.45, 2.75) is 0 Å². The molecule has 0 fully saturated rings. The van der Waals surface area contributed by atoms with Crippen LogP contribution in [0.5, 0.6) is 0 Å². The van der Waals surface area contributed by atoms with Crippen LogP contribution in [0.25, 0.3) is 5.03 Å². The number of carboxylic acids is 1. The molecule has 0 saturated carbocycles. The van der Waals surface area contributed by atoms with Crippen molar-refractivity contribution in [1.82, 2.24) is 0 Å². The van der Waals surface area contributed by atoms with Gasteiger partial charge in [-0.25, -0.2) is 4.79 Å². The van der Waals surface area contributed by atoms with Crippen LogP contribution in [0.15, 0.2) is 5.03 Å². The normalized spacial score (nSPS) is 12.4. The van der Waals surface area contributed by atoms with E-state index in [4.69, 9.17) is 86.3 Å². The molecule has 0 aliphatic carbocycles. The largest absolute Gasteiger partial charge is 0.477 e. The number of aliphatic carboxylic acids is 1. The van der Waals surface area contributed by atoms with E-state index < -0.39 is 11.0 Å². The molecule has 0 aliphatic rings. The van der Waals surface area contributed by atoms with Crippen LogP contribution < -0.4 is 0 Å². The van der Waals surface area contributed by atoms with E-state index in [1.165, 1.54) is 0 Å². The first kappa shape index (κ1) is 16.5. The molecule has 2 nitrogen and oxygen atoms in total. The van der Waals surface area contributed by atoms with Gasteiger partial charge in [0.15, 0.2) is 0 Å². The summed E-state index contributed by atoms with van der Waals surface area (Å²) < 4.78 is 0. The van der Waals surface area contributed by atoms with Gasteiger partial charge in [0.25, 0.3) is 0 Å². The molecule has 98 valence electrons. The van der Waals surface area contributed by atoms with Crippen LogP contribution in [0.4, 0.5) is 0 Å². The van der Waals surface area contributed by atoms with Crippen molar-refractivity contribution in [3.8, 4) is 0 Å². The summed E-state index contributed by atoms with van der Waals surface area (Å²) in [5.74, 6) is -1.45. The van der Waals surface area contributed by atoms with Crippen molar-refractivity contribution < 1.29 is 9.90 Å². The van der Waals surface area contributed by atoms with Crippen molar-refractivity contribution in [2.75, 3.05) is 0 Å². The van der Waals surface area contributed by atoms with Crippen molar-refractivity contribution in [1.29, 1.82) is 0 Å². The Morgan fingerprint density at radius 1 is 0.778 bits per heavy atom. The van der Waals surface area contributed by atoms with E-state index in [1.54, 1.807) is 0 Å². The average Bonchev–Trinajstić information content (AvgIpc) is 2.32. The quantitative estimate of drug-likeness (QED) is 0.372. The fourth-order valence-corrected chi connectivity index (χ4v) is 2.79. The Kier molecular flexibility index (Phi) is 5.76. The molecule has 0 heterocycles. The Morgan fingerprint density at radius 2 is 1.11 bits per heavy atom. The smallest absolute Gasteiger partial charge is 0.348 e. The molecule has 1 N–H and O–H groups in total. The monoisotopic (exact) mass is 386 g/mol. The Bertz CT molecular complexity index is 536. The Labute approximate surface area is 137 Å². The molecule has 0 spiro atoms. The Balaban J connectivity index is 3.73. The van der Waals surface area contributed by atoms with Gasteiger partial charge in [-0.3, -0.25) is 0 Å².